The molecule has 13 rings (SSSR count). The molecule has 0 N–H and O–H groups in total. The lowest BCUT2D eigenvalue weighted by Crippen LogP contribution is -2.11. The topological polar surface area (TPSA) is 19.6 Å². The van der Waals surface area contributed by atoms with Crippen LogP contribution >= 0.6 is 0 Å². The van der Waals surface area contributed by atoms with Crippen LogP contribution in [0, 0.1) is 0 Å². The van der Waals surface area contributed by atoms with Crippen molar-refractivity contribution in [2.45, 2.75) is 0 Å². The lowest BCUT2D eigenvalue weighted by atomic mass is 9.96. The zero-order valence-electron chi connectivity index (χ0n) is 38.9. The number of anilines is 6. The lowest BCUT2D eigenvalue weighted by Gasteiger charge is -2.28. The molecule has 0 spiro atoms. The minimum atomic E-state index is 0.822. The summed E-state index contributed by atoms with van der Waals surface area (Å²) >= 11 is 0. The van der Waals surface area contributed by atoms with Gasteiger partial charge >= 0.3 is 0 Å². The average Bonchev–Trinajstić information content (AvgIpc) is 3.83. The number of nitrogens with zero attached hydrogens (tertiary/aromatic N) is 2. The molecule has 3 heteroatoms. The molecule has 12 aromatic carbocycles. The second-order valence-electron chi connectivity index (χ2n) is 18.1. The summed E-state index contributed by atoms with van der Waals surface area (Å²) in [5.74, 6) is 0. The zero-order valence-corrected chi connectivity index (χ0v) is 38.9. The summed E-state index contributed by atoms with van der Waals surface area (Å²) in [6, 6.07) is 100. The smallest absolute Gasteiger partial charge is 0.138 e. The van der Waals surface area contributed by atoms with E-state index in [9.17, 15) is 0 Å². The summed E-state index contributed by atoms with van der Waals surface area (Å²) in [6.07, 6.45) is 0. The predicted molar refractivity (Wildman–Crippen MR) is 300 cm³/mol. The number of hydrogen-bond acceptors (Lipinski definition) is 3. The molecule has 0 atom stereocenters. The Morgan fingerprint density at radius 1 is 0.211 bits per heavy atom. The molecule has 0 aliphatic heterocycles. The molecule has 3 nitrogen and oxygen atoms in total. The van der Waals surface area contributed by atoms with Crippen molar-refractivity contribution in [3.8, 4) is 44.5 Å². The maximum absolute atomic E-state index is 7.31. The third-order valence-electron chi connectivity index (χ3n) is 13.8. The Morgan fingerprint density at radius 3 is 0.761 bits per heavy atom. The highest BCUT2D eigenvalue weighted by Crippen LogP contribution is 2.50. The summed E-state index contributed by atoms with van der Waals surface area (Å²) < 4.78 is 7.31. The van der Waals surface area contributed by atoms with Crippen molar-refractivity contribution in [1.29, 1.82) is 0 Å². The van der Waals surface area contributed by atoms with Crippen LogP contribution in [-0.2, 0) is 0 Å². The molecule has 0 unspecified atom stereocenters. The van der Waals surface area contributed by atoms with E-state index in [1.807, 2.05) is 0 Å². The van der Waals surface area contributed by atoms with E-state index in [-0.39, 0.29) is 0 Å². The first-order valence-corrected chi connectivity index (χ1v) is 24.2. The summed E-state index contributed by atoms with van der Waals surface area (Å²) in [7, 11) is 0. The molecule has 0 aliphatic rings. The molecule has 1 heterocycles. The Labute approximate surface area is 413 Å². The highest BCUT2D eigenvalue weighted by Gasteiger charge is 2.25. The van der Waals surface area contributed by atoms with Gasteiger partial charge in [0.05, 0.1) is 11.4 Å². The van der Waals surface area contributed by atoms with Gasteiger partial charge in [-0.3, -0.25) is 0 Å². The normalized spacial score (nSPS) is 11.4. The molecular weight excluding hydrogens is 861 g/mol. The largest absolute Gasteiger partial charge is 0.456 e. The average molecular weight is 907 g/mol. The summed E-state index contributed by atoms with van der Waals surface area (Å²) in [5.41, 5.74) is 17.2. The summed E-state index contributed by atoms with van der Waals surface area (Å²) in [4.78, 5) is 4.80. The molecule has 13 aromatic rings. The fourth-order valence-corrected chi connectivity index (χ4v) is 10.5. The van der Waals surface area contributed by atoms with E-state index in [4.69, 9.17) is 4.42 Å². The Kier molecular flexibility index (Phi) is 10.5. The maximum Gasteiger partial charge on any atom is 0.138 e. The van der Waals surface area contributed by atoms with E-state index in [1.54, 1.807) is 0 Å². The van der Waals surface area contributed by atoms with Gasteiger partial charge in [-0.25, -0.2) is 0 Å². The first-order valence-electron chi connectivity index (χ1n) is 24.2. The van der Waals surface area contributed by atoms with Crippen LogP contribution in [-0.4, -0.2) is 0 Å². The number of furan rings is 1. The van der Waals surface area contributed by atoms with Gasteiger partial charge in [0.2, 0.25) is 0 Å². The number of rotatable bonds is 10. The molecule has 0 saturated heterocycles. The molecule has 0 bridgehead atoms. The van der Waals surface area contributed by atoms with Crippen LogP contribution in [0.1, 0.15) is 0 Å². The van der Waals surface area contributed by atoms with Gasteiger partial charge in [-0.05, 0) is 104 Å². The van der Waals surface area contributed by atoms with Crippen LogP contribution in [0.5, 0.6) is 0 Å². The molecule has 0 radical (unpaired) electrons. The van der Waals surface area contributed by atoms with Crippen LogP contribution in [0.15, 0.2) is 283 Å². The first-order chi connectivity index (χ1) is 35.2. The Morgan fingerprint density at radius 2 is 0.465 bits per heavy atom. The van der Waals surface area contributed by atoms with Crippen molar-refractivity contribution in [3.63, 3.8) is 0 Å². The van der Waals surface area contributed by atoms with Gasteiger partial charge in [0.15, 0.2) is 0 Å². The number of hydrogen-bond donors (Lipinski definition) is 0. The molecule has 0 amide bonds. The van der Waals surface area contributed by atoms with Gasteiger partial charge in [0.25, 0.3) is 0 Å². The van der Waals surface area contributed by atoms with Gasteiger partial charge in [-0.1, -0.05) is 218 Å². The minimum Gasteiger partial charge on any atom is -0.456 e. The van der Waals surface area contributed by atoms with Crippen molar-refractivity contribution in [2.24, 2.45) is 0 Å². The standard InChI is InChI=1S/C68H46N2O/c1-5-21-47(22-6-1)51-29-17-33-55(41-51)69(56-34-18-30-52(42-56)48-23-7-2-8-24-48)63-45-65-67(61-39-15-13-37-59(61)63)68-62-40-16-14-38-60(62)64(46-66(68)71-65)70(57-35-19-31-53(43-57)49-25-9-3-10-26-49)58-36-20-32-54(44-58)50-27-11-4-12-28-50/h1-46H. The van der Waals surface area contributed by atoms with Gasteiger partial charge in [0.1, 0.15) is 11.2 Å². The van der Waals surface area contributed by atoms with Gasteiger partial charge in [-0.2, -0.15) is 0 Å². The fourth-order valence-electron chi connectivity index (χ4n) is 10.5. The molecule has 0 aliphatic carbocycles. The third-order valence-corrected chi connectivity index (χ3v) is 13.8. The summed E-state index contributed by atoms with van der Waals surface area (Å²) in [6.45, 7) is 0. The van der Waals surface area contributed by atoms with E-state index in [1.165, 1.54) is 22.3 Å². The van der Waals surface area contributed by atoms with Crippen molar-refractivity contribution in [3.05, 3.63) is 279 Å². The minimum absolute atomic E-state index is 0.822. The van der Waals surface area contributed by atoms with Gasteiger partial charge < -0.3 is 14.2 Å². The molecule has 334 valence electrons. The Hall–Kier alpha value is -9.44. The molecular formula is C68H46N2O. The van der Waals surface area contributed by atoms with Crippen LogP contribution < -0.4 is 9.80 Å². The molecule has 0 saturated carbocycles. The van der Waals surface area contributed by atoms with Crippen LogP contribution in [0.2, 0.25) is 0 Å². The number of benzene rings is 12. The van der Waals surface area contributed by atoms with E-state index in [0.717, 1.165) is 99.9 Å². The van der Waals surface area contributed by atoms with Crippen LogP contribution in [0.3, 0.4) is 0 Å². The molecule has 1 aromatic heterocycles. The van der Waals surface area contributed by atoms with E-state index in [2.05, 4.69) is 289 Å². The predicted octanol–water partition coefficient (Wildman–Crippen LogP) is 19.5. The van der Waals surface area contributed by atoms with E-state index < -0.39 is 0 Å². The zero-order chi connectivity index (χ0) is 47.1. The quantitative estimate of drug-likeness (QED) is 0.136. The molecule has 0 fully saturated rings. The highest BCUT2D eigenvalue weighted by molar-refractivity contribution is 6.30. The number of fused-ring (bicyclic) bond motifs is 7. The summed E-state index contributed by atoms with van der Waals surface area (Å²) in [5, 5.41) is 6.71. The monoisotopic (exact) mass is 906 g/mol. The van der Waals surface area contributed by atoms with Crippen molar-refractivity contribution < 1.29 is 4.42 Å². The molecule has 71 heavy (non-hydrogen) atoms. The Bertz CT molecular complexity index is 3620. The van der Waals surface area contributed by atoms with E-state index in [0.29, 0.717) is 0 Å². The van der Waals surface area contributed by atoms with Gasteiger partial charge in [-0.15, -0.1) is 0 Å². The first kappa shape index (κ1) is 41.7. The van der Waals surface area contributed by atoms with Crippen LogP contribution in [0.25, 0.3) is 88.0 Å². The van der Waals surface area contributed by atoms with Crippen molar-refractivity contribution in [1.82, 2.24) is 0 Å². The van der Waals surface area contributed by atoms with Crippen LogP contribution in [0.4, 0.5) is 34.1 Å². The maximum atomic E-state index is 7.31. The fraction of sp³-hybridized carbons (Fsp3) is 0. The van der Waals surface area contributed by atoms with Crippen molar-refractivity contribution in [2.75, 3.05) is 9.80 Å². The second kappa shape index (κ2) is 17.9. The highest BCUT2D eigenvalue weighted by atomic mass is 16.3. The van der Waals surface area contributed by atoms with Crippen molar-refractivity contribution >= 4 is 77.6 Å². The Balaban J connectivity index is 1.06. The third kappa shape index (κ3) is 7.67. The SMILES string of the molecule is c1ccc(-c2cccc(N(c3cccc(-c4ccccc4)c3)c3cc4oc5cc(N(c6cccc(-c7ccccc7)c6)c6cccc(-c7ccccc7)c6)c6ccccc6c5c4c4ccccc34)c2)cc1. The lowest BCUT2D eigenvalue weighted by molar-refractivity contribution is 0.669. The van der Waals surface area contributed by atoms with E-state index >= 15 is 0 Å². The van der Waals surface area contributed by atoms with Gasteiger partial charge in [0, 0.05) is 56.4 Å². The second-order valence-corrected chi connectivity index (χ2v) is 18.1.